The summed E-state index contributed by atoms with van der Waals surface area (Å²) < 4.78 is 14.0. The fraction of sp³-hybridized carbons (Fsp3) is 0.294. The van der Waals surface area contributed by atoms with Crippen LogP contribution in [0.25, 0.3) is 0 Å². The van der Waals surface area contributed by atoms with E-state index in [2.05, 4.69) is 27.8 Å². The molecule has 0 aliphatic rings. The van der Waals surface area contributed by atoms with Crippen LogP contribution in [0, 0.1) is 5.82 Å². The molecule has 0 fully saturated rings. The first-order valence-corrected chi connectivity index (χ1v) is 7.83. The average molecular weight is 352 g/mol. The Hall–Kier alpha value is -1.39. The summed E-state index contributed by atoms with van der Waals surface area (Å²) in [6, 6.07) is 14.2. The zero-order valence-corrected chi connectivity index (χ0v) is 13.6. The molecule has 0 spiro atoms. The number of rotatable bonds is 6. The van der Waals surface area contributed by atoms with Gasteiger partial charge in [0.25, 0.3) is 0 Å². The highest BCUT2D eigenvalue weighted by molar-refractivity contribution is 9.10. The Morgan fingerprint density at radius 2 is 1.71 bits per heavy atom. The van der Waals surface area contributed by atoms with Crippen LogP contribution in [0.5, 0.6) is 0 Å². The lowest BCUT2D eigenvalue weighted by Crippen LogP contribution is -2.25. The highest BCUT2D eigenvalue weighted by Gasteiger charge is 2.11. The minimum atomic E-state index is -0.493. The van der Waals surface area contributed by atoms with Crippen LogP contribution in [-0.4, -0.2) is 18.2 Å². The van der Waals surface area contributed by atoms with E-state index < -0.39 is 6.10 Å². The zero-order chi connectivity index (χ0) is 15.2. The standard InChI is InChI=1S/C17H19BrFNO/c1-2-20(16-9-7-15(19)8-10-16)12-11-17(21)13-3-5-14(18)6-4-13/h3-10,17,21H,2,11-12H2,1H3. The molecule has 2 aromatic carbocycles. The van der Waals surface area contributed by atoms with Gasteiger partial charge in [-0.2, -0.15) is 0 Å². The second-order valence-electron chi connectivity index (χ2n) is 4.91. The average Bonchev–Trinajstić information content (AvgIpc) is 2.50. The molecular formula is C17H19BrFNO. The van der Waals surface area contributed by atoms with Crippen LogP contribution in [0.15, 0.2) is 53.0 Å². The summed E-state index contributed by atoms with van der Waals surface area (Å²) in [7, 11) is 0. The molecule has 2 rings (SSSR count). The van der Waals surface area contributed by atoms with Crippen molar-refractivity contribution >= 4 is 21.6 Å². The molecular weight excluding hydrogens is 333 g/mol. The fourth-order valence-corrected chi connectivity index (χ4v) is 2.52. The van der Waals surface area contributed by atoms with Gasteiger partial charge in [-0.05, 0) is 55.3 Å². The van der Waals surface area contributed by atoms with Gasteiger partial charge >= 0.3 is 0 Å². The SMILES string of the molecule is CCN(CCC(O)c1ccc(Br)cc1)c1ccc(F)cc1. The molecule has 0 aliphatic carbocycles. The van der Waals surface area contributed by atoms with E-state index in [1.807, 2.05) is 24.3 Å². The Balaban J connectivity index is 1.96. The lowest BCUT2D eigenvalue weighted by Gasteiger charge is -2.24. The van der Waals surface area contributed by atoms with Crippen LogP contribution < -0.4 is 4.90 Å². The van der Waals surface area contributed by atoms with Gasteiger partial charge in [0.05, 0.1) is 6.10 Å². The summed E-state index contributed by atoms with van der Waals surface area (Å²) >= 11 is 3.38. The third kappa shape index (κ3) is 4.55. The molecule has 0 amide bonds. The molecule has 0 heterocycles. The number of nitrogens with zero attached hydrogens (tertiary/aromatic N) is 1. The van der Waals surface area contributed by atoms with Crippen molar-refractivity contribution in [2.45, 2.75) is 19.4 Å². The van der Waals surface area contributed by atoms with E-state index in [0.717, 1.165) is 28.8 Å². The predicted octanol–water partition coefficient (Wildman–Crippen LogP) is 4.54. The maximum absolute atomic E-state index is 13.0. The first-order valence-electron chi connectivity index (χ1n) is 7.04. The van der Waals surface area contributed by atoms with E-state index in [-0.39, 0.29) is 5.82 Å². The third-order valence-electron chi connectivity index (χ3n) is 3.50. The Morgan fingerprint density at radius 1 is 1.10 bits per heavy atom. The van der Waals surface area contributed by atoms with Gasteiger partial charge in [0.1, 0.15) is 5.82 Å². The van der Waals surface area contributed by atoms with Gasteiger partial charge in [0.2, 0.25) is 0 Å². The van der Waals surface area contributed by atoms with Crippen LogP contribution in [0.4, 0.5) is 10.1 Å². The van der Waals surface area contributed by atoms with E-state index in [0.29, 0.717) is 6.42 Å². The number of hydrogen-bond donors (Lipinski definition) is 1. The number of anilines is 1. The second-order valence-corrected chi connectivity index (χ2v) is 5.83. The zero-order valence-electron chi connectivity index (χ0n) is 12.0. The number of benzene rings is 2. The van der Waals surface area contributed by atoms with Gasteiger partial charge in [0, 0.05) is 23.2 Å². The number of hydrogen-bond acceptors (Lipinski definition) is 2. The predicted molar refractivity (Wildman–Crippen MR) is 88.0 cm³/mol. The highest BCUT2D eigenvalue weighted by atomic mass is 79.9. The molecule has 1 unspecified atom stereocenters. The lowest BCUT2D eigenvalue weighted by molar-refractivity contribution is 0.169. The van der Waals surface area contributed by atoms with E-state index in [1.165, 1.54) is 12.1 Å². The molecule has 1 N–H and O–H groups in total. The van der Waals surface area contributed by atoms with E-state index >= 15 is 0 Å². The minimum Gasteiger partial charge on any atom is -0.388 e. The molecule has 0 aromatic heterocycles. The molecule has 21 heavy (non-hydrogen) atoms. The molecule has 0 saturated heterocycles. The largest absolute Gasteiger partial charge is 0.388 e. The molecule has 0 radical (unpaired) electrons. The molecule has 0 aliphatic heterocycles. The molecule has 1 atom stereocenters. The molecule has 0 saturated carbocycles. The molecule has 4 heteroatoms. The van der Waals surface area contributed by atoms with Crippen LogP contribution in [-0.2, 0) is 0 Å². The summed E-state index contributed by atoms with van der Waals surface area (Å²) in [5, 5.41) is 10.2. The Labute approximate surface area is 133 Å². The van der Waals surface area contributed by atoms with Gasteiger partial charge in [-0.1, -0.05) is 28.1 Å². The fourth-order valence-electron chi connectivity index (χ4n) is 2.25. The Bertz CT molecular complexity index is 556. The first-order chi connectivity index (χ1) is 10.1. The van der Waals surface area contributed by atoms with Gasteiger partial charge in [-0.15, -0.1) is 0 Å². The van der Waals surface area contributed by atoms with Gasteiger partial charge in [-0.3, -0.25) is 0 Å². The number of aliphatic hydroxyl groups is 1. The Kier molecular flexibility index (Phi) is 5.76. The maximum Gasteiger partial charge on any atom is 0.123 e. The van der Waals surface area contributed by atoms with Crippen molar-refractivity contribution in [3.05, 3.63) is 64.4 Å². The van der Waals surface area contributed by atoms with Crippen molar-refractivity contribution in [2.75, 3.05) is 18.0 Å². The van der Waals surface area contributed by atoms with E-state index in [1.54, 1.807) is 12.1 Å². The summed E-state index contributed by atoms with van der Waals surface area (Å²) in [5.41, 5.74) is 1.88. The monoisotopic (exact) mass is 351 g/mol. The number of aliphatic hydroxyl groups excluding tert-OH is 1. The summed E-state index contributed by atoms with van der Waals surface area (Å²) in [4.78, 5) is 2.13. The molecule has 112 valence electrons. The molecule has 0 bridgehead atoms. The van der Waals surface area contributed by atoms with Gasteiger partial charge < -0.3 is 10.0 Å². The van der Waals surface area contributed by atoms with Crippen LogP contribution in [0.2, 0.25) is 0 Å². The van der Waals surface area contributed by atoms with Crippen LogP contribution >= 0.6 is 15.9 Å². The topological polar surface area (TPSA) is 23.5 Å². The number of halogens is 2. The minimum absolute atomic E-state index is 0.232. The van der Waals surface area contributed by atoms with Crippen molar-refractivity contribution in [1.82, 2.24) is 0 Å². The van der Waals surface area contributed by atoms with Crippen LogP contribution in [0.1, 0.15) is 25.0 Å². The van der Waals surface area contributed by atoms with Crippen molar-refractivity contribution in [3.63, 3.8) is 0 Å². The van der Waals surface area contributed by atoms with Gasteiger partial charge in [-0.25, -0.2) is 4.39 Å². The summed E-state index contributed by atoms with van der Waals surface area (Å²) in [5.74, 6) is -0.232. The van der Waals surface area contributed by atoms with E-state index in [4.69, 9.17) is 0 Å². The normalized spacial score (nSPS) is 12.2. The third-order valence-corrected chi connectivity index (χ3v) is 4.03. The quantitative estimate of drug-likeness (QED) is 0.825. The van der Waals surface area contributed by atoms with Gasteiger partial charge in [0.15, 0.2) is 0 Å². The summed E-state index contributed by atoms with van der Waals surface area (Å²) in [6.45, 7) is 3.59. The molecule has 2 nitrogen and oxygen atoms in total. The van der Waals surface area contributed by atoms with Crippen molar-refractivity contribution in [1.29, 1.82) is 0 Å². The van der Waals surface area contributed by atoms with Crippen LogP contribution in [0.3, 0.4) is 0 Å². The smallest absolute Gasteiger partial charge is 0.123 e. The Morgan fingerprint density at radius 3 is 2.29 bits per heavy atom. The van der Waals surface area contributed by atoms with Crippen molar-refractivity contribution < 1.29 is 9.50 Å². The summed E-state index contributed by atoms with van der Waals surface area (Å²) in [6.07, 6.45) is 0.139. The highest BCUT2D eigenvalue weighted by Crippen LogP contribution is 2.21. The second kappa shape index (κ2) is 7.57. The van der Waals surface area contributed by atoms with Crippen molar-refractivity contribution in [3.8, 4) is 0 Å². The maximum atomic E-state index is 13.0. The molecule has 2 aromatic rings. The first kappa shape index (κ1) is 16.0. The lowest BCUT2D eigenvalue weighted by atomic mass is 10.1. The van der Waals surface area contributed by atoms with Crippen molar-refractivity contribution in [2.24, 2.45) is 0 Å². The van der Waals surface area contributed by atoms with E-state index in [9.17, 15) is 9.50 Å².